The minimum absolute atomic E-state index is 0.0215. The van der Waals surface area contributed by atoms with Crippen LogP contribution in [0, 0.1) is 0 Å². The summed E-state index contributed by atoms with van der Waals surface area (Å²) in [6, 6.07) is 0.500. The third-order valence-corrected chi connectivity index (χ3v) is 7.89. The second-order valence-corrected chi connectivity index (χ2v) is 14.2. The number of hydrogen-bond donors (Lipinski definition) is 3. The first-order valence-electron chi connectivity index (χ1n) is 15.1. The van der Waals surface area contributed by atoms with Crippen LogP contribution in [0.1, 0.15) is 101 Å². The topological polar surface area (TPSA) is 90.5 Å². The van der Waals surface area contributed by atoms with E-state index in [0.717, 1.165) is 51.0 Å². The Kier molecular flexibility index (Phi) is 10.3. The van der Waals surface area contributed by atoms with Crippen molar-refractivity contribution >= 4 is 17.8 Å². The highest BCUT2D eigenvalue weighted by Gasteiger charge is 2.47. The fourth-order valence-electron chi connectivity index (χ4n) is 7.09. The second kappa shape index (κ2) is 12.7. The molecule has 0 saturated carbocycles. The van der Waals surface area contributed by atoms with E-state index in [0.29, 0.717) is 31.1 Å². The smallest absolute Gasteiger partial charge is 0.232 e. The first kappa shape index (κ1) is 32.3. The van der Waals surface area contributed by atoms with Gasteiger partial charge in [0.2, 0.25) is 17.8 Å². The van der Waals surface area contributed by atoms with Crippen molar-refractivity contribution in [3.8, 4) is 0 Å². The lowest BCUT2D eigenvalue weighted by molar-refractivity contribution is -0.275. The van der Waals surface area contributed by atoms with E-state index in [1.807, 2.05) is 6.08 Å². The average Bonchev–Trinajstić information content (AvgIpc) is 2.79. The summed E-state index contributed by atoms with van der Waals surface area (Å²) in [6.45, 7) is 30.0. The van der Waals surface area contributed by atoms with E-state index in [1.165, 1.54) is 0 Å². The molecule has 1 aromatic heterocycles. The van der Waals surface area contributed by atoms with Crippen LogP contribution in [-0.4, -0.2) is 74.0 Å². The van der Waals surface area contributed by atoms with Crippen molar-refractivity contribution in [1.82, 2.24) is 25.3 Å². The van der Waals surface area contributed by atoms with Gasteiger partial charge in [-0.25, -0.2) is 0 Å². The van der Waals surface area contributed by atoms with Crippen LogP contribution < -0.4 is 20.9 Å². The number of hydrogen-bond acceptors (Lipinski definition) is 9. The third-order valence-electron chi connectivity index (χ3n) is 7.89. The maximum Gasteiger partial charge on any atom is 0.232 e. The number of hydroxylamine groups is 2. The number of rotatable bonds is 13. The molecule has 2 saturated heterocycles. The Morgan fingerprint density at radius 3 is 2.08 bits per heavy atom. The van der Waals surface area contributed by atoms with Crippen LogP contribution in [0.4, 0.5) is 17.8 Å². The first-order valence-corrected chi connectivity index (χ1v) is 15.1. The predicted octanol–water partition coefficient (Wildman–Crippen LogP) is 5.94. The van der Waals surface area contributed by atoms with Gasteiger partial charge < -0.3 is 20.9 Å². The standard InChI is InChI=1S/C31H56N8O/c1-12-15-17-38(24-21-28(4,5)37-29(6,7)22-24)27-35-25(32-16-13-2)34-26(36-27)33-23-19-30(8,9)39(40-18-14-3)31(10,11)20-23/h13-14,23-24,37H,2-3,12,15-22H2,1,4-11H3,(H2,32,33,34,35,36). The Labute approximate surface area is 243 Å². The van der Waals surface area contributed by atoms with Crippen molar-refractivity contribution in [1.29, 1.82) is 0 Å². The molecule has 0 aromatic carbocycles. The molecule has 3 N–H and O–H groups in total. The quantitative estimate of drug-likeness (QED) is 0.256. The highest BCUT2D eigenvalue weighted by molar-refractivity contribution is 5.46. The average molecular weight is 557 g/mol. The minimum atomic E-state index is -0.179. The van der Waals surface area contributed by atoms with Crippen LogP contribution in [-0.2, 0) is 4.84 Å². The minimum Gasteiger partial charge on any atom is -0.351 e. The number of nitrogens with zero attached hydrogens (tertiary/aromatic N) is 5. The summed E-state index contributed by atoms with van der Waals surface area (Å²) in [7, 11) is 0. The van der Waals surface area contributed by atoms with Gasteiger partial charge in [0, 0.05) is 47.3 Å². The van der Waals surface area contributed by atoms with E-state index in [4.69, 9.17) is 19.8 Å². The number of piperidine rings is 2. The summed E-state index contributed by atoms with van der Waals surface area (Å²) in [6.07, 6.45) is 9.65. The SMILES string of the molecule is C=CCNc1nc(NC2CC(C)(C)N(OCC=C)C(C)(C)C2)nc(N(CCCC)C2CC(C)(C)NC(C)(C)C2)n1. The predicted molar refractivity (Wildman–Crippen MR) is 168 cm³/mol. The summed E-state index contributed by atoms with van der Waals surface area (Å²) >= 11 is 0. The molecule has 2 aliphatic heterocycles. The number of nitrogens with one attached hydrogen (secondary N) is 3. The molecule has 9 nitrogen and oxygen atoms in total. The van der Waals surface area contributed by atoms with E-state index < -0.39 is 0 Å². The molecule has 0 spiro atoms. The van der Waals surface area contributed by atoms with Gasteiger partial charge in [-0.2, -0.15) is 20.0 Å². The van der Waals surface area contributed by atoms with Crippen molar-refractivity contribution < 1.29 is 4.84 Å². The van der Waals surface area contributed by atoms with Crippen molar-refractivity contribution in [2.24, 2.45) is 0 Å². The molecule has 3 rings (SSSR count). The molecule has 9 heteroatoms. The van der Waals surface area contributed by atoms with Gasteiger partial charge in [0.25, 0.3) is 0 Å². The highest BCUT2D eigenvalue weighted by Crippen LogP contribution is 2.40. The Morgan fingerprint density at radius 2 is 1.52 bits per heavy atom. The zero-order chi connectivity index (χ0) is 29.8. The number of anilines is 3. The fourth-order valence-corrected chi connectivity index (χ4v) is 7.09. The maximum atomic E-state index is 6.13. The summed E-state index contributed by atoms with van der Waals surface area (Å²) in [5.41, 5.74) is -0.315. The fraction of sp³-hybridized carbons (Fsp3) is 0.774. The van der Waals surface area contributed by atoms with Crippen LogP contribution in [0.3, 0.4) is 0 Å². The lowest BCUT2D eigenvalue weighted by Crippen LogP contribution is -2.62. The van der Waals surface area contributed by atoms with Gasteiger partial charge in [-0.3, -0.25) is 4.84 Å². The van der Waals surface area contributed by atoms with Crippen molar-refractivity contribution in [3.63, 3.8) is 0 Å². The van der Waals surface area contributed by atoms with E-state index >= 15 is 0 Å². The Bertz CT molecular complexity index is 971. The van der Waals surface area contributed by atoms with Gasteiger partial charge in [-0.1, -0.05) is 25.5 Å². The maximum absolute atomic E-state index is 6.13. The molecule has 2 fully saturated rings. The highest BCUT2D eigenvalue weighted by atomic mass is 16.7. The van der Waals surface area contributed by atoms with E-state index in [2.05, 4.69) is 101 Å². The second-order valence-electron chi connectivity index (χ2n) is 14.2. The van der Waals surface area contributed by atoms with Crippen LogP contribution in [0.2, 0.25) is 0 Å². The monoisotopic (exact) mass is 556 g/mol. The van der Waals surface area contributed by atoms with Crippen LogP contribution >= 0.6 is 0 Å². The molecule has 0 atom stereocenters. The largest absolute Gasteiger partial charge is 0.351 e. The molecule has 3 heterocycles. The molecule has 0 aliphatic carbocycles. The van der Waals surface area contributed by atoms with E-state index in [1.54, 1.807) is 6.08 Å². The summed E-state index contributed by atoms with van der Waals surface area (Å²) in [5, 5.41) is 13.0. The molecule has 0 bridgehead atoms. The molecular formula is C31H56N8O. The molecule has 0 unspecified atom stereocenters. The number of aromatic nitrogens is 3. The van der Waals surface area contributed by atoms with Crippen molar-refractivity contribution in [2.45, 2.75) is 135 Å². The molecule has 1 aromatic rings. The molecule has 0 radical (unpaired) electrons. The lowest BCUT2D eigenvalue weighted by atomic mass is 9.79. The van der Waals surface area contributed by atoms with E-state index in [9.17, 15) is 0 Å². The molecule has 40 heavy (non-hydrogen) atoms. The normalized spacial score (nSPS) is 22.4. The van der Waals surface area contributed by atoms with Gasteiger partial charge in [0.05, 0.1) is 6.61 Å². The van der Waals surface area contributed by atoms with Crippen LogP contribution in [0.15, 0.2) is 25.3 Å². The Morgan fingerprint density at radius 1 is 0.925 bits per heavy atom. The van der Waals surface area contributed by atoms with Gasteiger partial charge in [-0.15, -0.1) is 13.2 Å². The van der Waals surface area contributed by atoms with Crippen LogP contribution in [0.5, 0.6) is 0 Å². The van der Waals surface area contributed by atoms with Gasteiger partial charge in [0.15, 0.2) is 0 Å². The van der Waals surface area contributed by atoms with E-state index in [-0.39, 0.29) is 28.2 Å². The first-order chi connectivity index (χ1) is 18.6. The van der Waals surface area contributed by atoms with Gasteiger partial charge in [0.1, 0.15) is 0 Å². The van der Waals surface area contributed by atoms with Gasteiger partial charge in [-0.05, 0) is 87.5 Å². The zero-order valence-electron chi connectivity index (χ0n) is 26.7. The van der Waals surface area contributed by atoms with Crippen molar-refractivity contribution in [2.75, 3.05) is 35.2 Å². The molecular weight excluding hydrogens is 500 g/mol. The van der Waals surface area contributed by atoms with Crippen molar-refractivity contribution in [3.05, 3.63) is 25.3 Å². The summed E-state index contributed by atoms with van der Waals surface area (Å²) < 4.78 is 0. The molecule has 2 aliphatic rings. The molecule has 226 valence electrons. The third kappa shape index (κ3) is 8.40. The lowest BCUT2D eigenvalue weighted by Gasteiger charge is -2.53. The Hall–Kier alpha value is -2.23. The zero-order valence-corrected chi connectivity index (χ0v) is 26.7. The van der Waals surface area contributed by atoms with Crippen LogP contribution in [0.25, 0.3) is 0 Å². The Balaban J connectivity index is 1.95. The molecule has 0 amide bonds. The summed E-state index contributed by atoms with van der Waals surface area (Å²) in [5.74, 6) is 1.93. The summed E-state index contributed by atoms with van der Waals surface area (Å²) in [4.78, 5) is 23.4. The van der Waals surface area contributed by atoms with Gasteiger partial charge >= 0.3 is 0 Å². The number of unbranched alkanes of at least 4 members (excludes halogenated alkanes) is 1.